The number of alkyl carbamates (subject to hydrolysis) is 1. The molecule has 44 heavy (non-hydrogen) atoms. The minimum Gasteiger partial charge on any atom is -0.465 e. The normalized spacial score (nSPS) is 10.9. The molecule has 0 saturated carbocycles. The molecule has 8 nitrogen and oxygen atoms in total. The fraction of sp³-hybridized carbons (Fsp3) is 0.229. The number of hydrogen-bond acceptors (Lipinski definition) is 6. The second-order valence-electron chi connectivity index (χ2n) is 10.9. The maximum absolute atomic E-state index is 13.4. The van der Waals surface area contributed by atoms with E-state index >= 15 is 0 Å². The van der Waals surface area contributed by atoms with Crippen LogP contribution in [0, 0.1) is 0 Å². The van der Waals surface area contributed by atoms with Gasteiger partial charge in [-0.2, -0.15) is 0 Å². The fourth-order valence-electron chi connectivity index (χ4n) is 4.37. The van der Waals surface area contributed by atoms with Crippen LogP contribution in [0.1, 0.15) is 43.6 Å². The third-order valence-corrected chi connectivity index (χ3v) is 6.50. The van der Waals surface area contributed by atoms with E-state index in [-0.39, 0.29) is 19.7 Å². The molecule has 0 radical (unpaired) electrons. The minimum absolute atomic E-state index is 0.218. The first-order valence-electron chi connectivity index (χ1n) is 14.2. The molecule has 0 aromatic heterocycles. The minimum atomic E-state index is -0.607. The number of nitrogens with one attached hydrogen (secondary N) is 2. The molecule has 0 saturated heterocycles. The molecule has 2 amide bonds. The van der Waals surface area contributed by atoms with E-state index in [2.05, 4.69) is 10.6 Å². The van der Waals surface area contributed by atoms with Gasteiger partial charge in [-0.3, -0.25) is 9.59 Å². The first-order chi connectivity index (χ1) is 21.0. The predicted octanol–water partition coefficient (Wildman–Crippen LogP) is 7.78. The van der Waals surface area contributed by atoms with Gasteiger partial charge < -0.3 is 24.8 Å². The van der Waals surface area contributed by atoms with Gasteiger partial charge in [-0.05, 0) is 86.3 Å². The van der Waals surface area contributed by atoms with E-state index in [0.29, 0.717) is 33.2 Å². The molecule has 0 aliphatic heterocycles. The van der Waals surface area contributed by atoms with Crippen LogP contribution in [0.5, 0.6) is 11.5 Å². The summed E-state index contributed by atoms with van der Waals surface area (Å²) in [6.07, 6.45) is -0.520. The number of ether oxygens (including phenoxy) is 3. The lowest BCUT2D eigenvalue weighted by Crippen LogP contribution is -2.32. The predicted molar refractivity (Wildman–Crippen MR) is 171 cm³/mol. The van der Waals surface area contributed by atoms with Crippen LogP contribution in [0.3, 0.4) is 0 Å². The Bertz CT molecular complexity index is 1630. The van der Waals surface area contributed by atoms with Crippen LogP contribution in [-0.4, -0.2) is 36.7 Å². The smallest absolute Gasteiger partial charge is 0.407 e. The van der Waals surface area contributed by atoms with Gasteiger partial charge in [0.2, 0.25) is 0 Å². The molecule has 228 valence electrons. The highest BCUT2D eigenvalue weighted by molar-refractivity contribution is 6.30. The first-order valence-corrected chi connectivity index (χ1v) is 14.6. The molecule has 0 bridgehead atoms. The second-order valence-corrected chi connectivity index (χ2v) is 11.3. The van der Waals surface area contributed by atoms with Gasteiger partial charge in [0.25, 0.3) is 5.91 Å². The summed E-state index contributed by atoms with van der Waals surface area (Å²) in [6.45, 7) is 7.29. The molecule has 4 aromatic rings. The molecule has 0 aliphatic carbocycles. The van der Waals surface area contributed by atoms with Crippen molar-refractivity contribution in [2.75, 3.05) is 13.2 Å². The van der Waals surface area contributed by atoms with Crippen LogP contribution in [0.25, 0.3) is 22.3 Å². The molecule has 0 fully saturated rings. The van der Waals surface area contributed by atoms with E-state index in [9.17, 15) is 14.4 Å². The standard InChI is InChI=1S/C35H35ClN2O6/c1-5-42-32(39)22-37-33(40)29-16-14-25(24-11-7-6-8-12-24)19-30(29)28-17-15-26(36)20-31(28)43-27-13-9-10-23(18-27)21-38-34(41)44-35(2,3)4/h6-20H,5,21-22H2,1-4H3,(H,37,40)(H,38,41). The van der Waals surface area contributed by atoms with E-state index in [1.165, 1.54) is 0 Å². The number of halogens is 1. The Balaban J connectivity index is 1.68. The van der Waals surface area contributed by atoms with Crippen molar-refractivity contribution in [3.63, 3.8) is 0 Å². The zero-order valence-corrected chi connectivity index (χ0v) is 25.9. The monoisotopic (exact) mass is 614 g/mol. The van der Waals surface area contributed by atoms with Crippen molar-refractivity contribution in [1.82, 2.24) is 10.6 Å². The number of amides is 2. The molecular formula is C35H35ClN2O6. The Morgan fingerprint density at radius 1 is 0.795 bits per heavy atom. The first kappa shape index (κ1) is 32.1. The van der Waals surface area contributed by atoms with Crippen LogP contribution < -0.4 is 15.4 Å². The molecule has 0 atom stereocenters. The zero-order valence-electron chi connectivity index (χ0n) is 25.1. The van der Waals surface area contributed by atoms with Crippen molar-refractivity contribution in [2.45, 2.75) is 39.8 Å². The third-order valence-electron chi connectivity index (χ3n) is 6.27. The Hall–Kier alpha value is -4.82. The van der Waals surface area contributed by atoms with Crippen molar-refractivity contribution in [1.29, 1.82) is 0 Å². The van der Waals surface area contributed by atoms with Gasteiger partial charge in [0.05, 0.1) is 6.61 Å². The Kier molecular flexibility index (Phi) is 10.6. The van der Waals surface area contributed by atoms with Crippen molar-refractivity contribution in [3.05, 3.63) is 107 Å². The lowest BCUT2D eigenvalue weighted by atomic mass is 9.93. The molecule has 0 aliphatic rings. The Morgan fingerprint density at radius 3 is 2.30 bits per heavy atom. The topological polar surface area (TPSA) is 103 Å². The summed E-state index contributed by atoms with van der Waals surface area (Å²) in [5.41, 5.74) is 3.59. The van der Waals surface area contributed by atoms with Gasteiger partial charge in [0, 0.05) is 28.8 Å². The van der Waals surface area contributed by atoms with Crippen LogP contribution >= 0.6 is 11.6 Å². The summed E-state index contributed by atoms with van der Waals surface area (Å²) in [5, 5.41) is 5.84. The number of carbonyl (C=O) groups is 3. The summed E-state index contributed by atoms with van der Waals surface area (Å²) in [4.78, 5) is 37.4. The molecule has 4 rings (SSSR count). The molecule has 2 N–H and O–H groups in total. The van der Waals surface area contributed by atoms with Gasteiger partial charge >= 0.3 is 12.1 Å². The van der Waals surface area contributed by atoms with E-state index in [0.717, 1.165) is 16.7 Å². The SMILES string of the molecule is CCOC(=O)CNC(=O)c1ccc(-c2ccccc2)cc1-c1ccc(Cl)cc1Oc1cccc(CNC(=O)OC(C)(C)C)c1. The lowest BCUT2D eigenvalue weighted by molar-refractivity contribution is -0.141. The Labute approximate surface area is 262 Å². The van der Waals surface area contributed by atoms with Crippen LogP contribution in [0.15, 0.2) is 91.0 Å². The highest BCUT2D eigenvalue weighted by Gasteiger charge is 2.20. The van der Waals surface area contributed by atoms with E-state index in [4.69, 9.17) is 25.8 Å². The lowest BCUT2D eigenvalue weighted by Gasteiger charge is -2.20. The molecule has 9 heteroatoms. The summed E-state index contributed by atoms with van der Waals surface area (Å²) in [6, 6.07) is 27.7. The van der Waals surface area contributed by atoms with E-state index in [1.807, 2.05) is 54.6 Å². The summed E-state index contributed by atoms with van der Waals surface area (Å²) in [7, 11) is 0. The number of rotatable bonds is 10. The average molecular weight is 615 g/mol. The fourth-order valence-corrected chi connectivity index (χ4v) is 4.53. The molecule has 0 unspecified atom stereocenters. The summed E-state index contributed by atoms with van der Waals surface area (Å²) >= 11 is 6.41. The average Bonchev–Trinajstić information content (AvgIpc) is 2.99. The van der Waals surface area contributed by atoms with Gasteiger partial charge in [0.15, 0.2) is 0 Å². The molecule has 4 aromatic carbocycles. The van der Waals surface area contributed by atoms with Crippen LogP contribution in [0.4, 0.5) is 4.79 Å². The number of benzene rings is 4. The second kappa shape index (κ2) is 14.6. The number of esters is 1. The highest BCUT2D eigenvalue weighted by Crippen LogP contribution is 2.39. The highest BCUT2D eigenvalue weighted by atomic mass is 35.5. The molecule has 0 spiro atoms. The maximum Gasteiger partial charge on any atom is 0.407 e. The largest absolute Gasteiger partial charge is 0.465 e. The zero-order chi connectivity index (χ0) is 31.7. The van der Waals surface area contributed by atoms with Crippen molar-refractivity contribution >= 4 is 29.6 Å². The third kappa shape index (κ3) is 9.09. The van der Waals surface area contributed by atoms with Crippen molar-refractivity contribution < 1.29 is 28.6 Å². The van der Waals surface area contributed by atoms with Crippen molar-refractivity contribution in [3.8, 4) is 33.8 Å². The quantitative estimate of drug-likeness (QED) is 0.177. The van der Waals surface area contributed by atoms with Gasteiger partial charge in [-0.15, -0.1) is 0 Å². The summed E-state index contributed by atoms with van der Waals surface area (Å²) < 4.78 is 16.6. The molecule has 0 heterocycles. The number of hydrogen-bond donors (Lipinski definition) is 2. The van der Waals surface area contributed by atoms with Gasteiger partial charge in [-0.25, -0.2) is 4.79 Å². The maximum atomic E-state index is 13.4. The van der Waals surface area contributed by atoms with Gasteiger partial charge in [-0.1, -0.05) is 60.1 Å². The van der Waals surface area contributed by atoms with Crippen molar-refractivity contribution in [2.24, 2.45) is 0 Å². The van der Waals surface area contributed by atoms with Crippen LogP contribution in [0.2, 0.25) is 5.02 Å². The summed E-state index contributed by atoms with van der Waals surface area (Å²) in [5.74, 6) is -0.0485. The Morgan fingerprint density at radius 2 is 1.57 bits per heavy atom. The van der Waals surface area contributed by atoms with Crippen LogP contribution in [-0.2, 0) is 20.8 Å². The van der Waals surface area contributed by atoms with E-state index in [1.54, 1.807) is 64.1 Å². The number of carbonyl (C=O) groups excluding carboxylic acids is 3. The van der Waals surface area contributed by atoms with Gasteiger partial charge in [0.1, 0.15) is 23.6 Å². The van der Waals surface area contributed by atoms with E-state index < -0.39 is 23.6 Å². The molecular weight excluding hydrogens is 580 g/mol.